The van der Waals surface area contributed by atoms with Gasteiger partial charge in [-0.25, -0.2) is 0 Å². The molecule has 0 bridgehead atoms. The third kappa shape index (κ3) is 3.58. The number of likely N-dealkylation sites (tertiary alicyclic amines) is 1. The molecule has 25 heavy (non-hydrogen) atoms. The third-order valence-electron chi connectivity index (χ3n) is 4.02. The second-order valence-electron chi connectivity index (χ2n) is 5.68. The summed E-state index contributed by atoms with van der Waals surface area (Å²) in [6, 6.07) is 11.3. The van der Waals surface area contributed by atoms with Crippen LogP contribution in [0.1, 0.15) is 18.6 Å². The van der Waals surface area contributed by atoms with Crippen molar-refractivity contribution >= 4 is 17.7 Å². The van der Waals surface area contributed by atoms with Crippen molar-refractivity contribution in [1.29, 1.82) is 5.26 Å². The predicted octanol–water partition coefficient (Wildman–Crippen LogP) is 3.38. The normalized spacial score (nSPS) is 14.4. The lowest BCUT2D eigenvalue weighted by molar-refractivity contribution is -0.384. The van der Waals surface area contributed by atoms with Crippen LogP contribution in [0.15, 0.2) is 46.4 Å². The van der Waals surface area contributed by atoms with Crippen LogP contribution < -0.4 is 0 Å². The molecule has 1 aliphatic heterocycles. The summed E-state index contributed by atoms with van der Waals surface area (Å²) in [7, 11) is 0. The van der Waals surface area contributed by atoms with Crippen LogP contribution in [0, 0.1) is 21.4 Å². The fraction of sp³-hybridized carbons (Fsp3) is 0.222. The zero-order valence-electron chi connectivity index (χ0n) is 13.3. The Morgan fingerprint density at radius 2 is 1.88 bits per heavy atom. The van der Waals surface area contributed by atoms with E-state index < -0.39 is 4.92 Å². The largest absolute Gasteiger partial charge is 0.457 e. The van der Waals surface area contributed by atoms with Crippen LogP contribution >= 0.6 is 0 Å². The number of hydrogen-bond donors (Lipinski definition) is 0. The number of nitrogens with zero attached hydrogens (tertiary/aromatic N) is 3. The summed E-state index contributed by atoms with van der Waals surface area (Å²) in [6.07, 6.45) is 3.33. The third-order valence-corrected chi connectivity index (χ3v) is 4.02. The average Bonchev–Trinajstić information content (AvgIpc) is 3.31. The predicted molar refractivity (Wildman–Crippen MR) is 90.2 cm³/mol. The van der Waals surface area contributed by atoms with Gasteiger partial charge < -0.3 is 9.32 Å². The lowest BCUT2D eigenvalue weighted by atomic mass is 10.1. The molecule has 1 amide bonds. The number of benzene rings is 1. The van der Waals surface area contributed by atoms with E-state index in [2.05, 4.69) is 0 Å². The van der Waals surface area contributed by atoms with E-state index in [1.54, 1.807) is 29.2 Å². The molecule has 7 nitrogen and oxygen atoms in total. The van der Waals surface area contributed by atoms with Crippen molar-refractivity contribution in [3.05, 3.63) is 57.8 Å². The SMILES string of the molecule is N#C/C(=C\c1ccc(-c2ccc([N+](=O)[O-])cc2)o1)C(=O)N1CCCC1. The number of hydrogen-bond acceptors (Lipinski definition) is 5. The molecule has 0 spiro atoms. The Balaban J connectivity index is 1.81. The van der Waals surface area contributed by atoms with Crippen molar-refractivity contribution < 1.29 is 14.1 Å². The van der Waals surface area contributed by atoms with Gasteiger partial charge in [0, 0.05) is 36.9 Å². The van der Waals surface area contributed by atoms with Gasteiger partial charge >= 0.3 is 0 Å². The number of carbonyl (C=O) groups excluding carboxylic acids is 1. The quantitative estimate of drug-likeness (QED) is 0.368. The summed E-state index contributed by atoms with van der Waals surface area (Å²) < 4.78 is 5.65. The summed E-state index contributed by atoms with van der Waals surface area (Å²) in [5.74, 6) is 0.609. The van der Waals surface area contributed by atoms with Crippen molar-refractivity contribution in [2.24, 2.45) is 0 Å². The Hall–Kier alpha value is -3.40. The van der Waals surface area contributed by atoms with Crippen molar-refractivity contribution in [2.75, 3.05) is 13.1 Å². The first kappa shape index (κ1) is 16.5. The Morgan fingerprint density at radius 1 is 1.20 bits per heavy atom. The molecule has 2 aromatic rings. The lowest BCUT2D eigenvalue weighted by Gasteiger charge is -2.13. The van der Waals surface area contributed by atoms with Gasteiger partial charge in [-0.1, -0.05) is 0 Å². The highest BCUT2D eigenvalue weighted by Gasteiger charge is 2.21. The monoisotopic (exact) mass is 337 g/mol. The number of nitro benzene ring substituents is 1. The van der Waals surface area contributed by atoms with Crippen molar-refractivity contribution in [1.82, 2.24) is 4.90 Å². The summed E-state index contributed by atoms with van der Waals surface area (Å²) in [5.41, 5.74) is 0.708. The minimum atomic E-state index is -0.469. The molecule has 1 saturated heterocycles. The van der Waals surface area contributed by atoms with E-state index in [1.807, 2.05) is 6.07 Å². The van der Waals surface area contributed by atoms with Gasteiger partial charge in [0.05, 0.1) is 4.92 Å². The van der Waals surface area contributed by atoms with Crippen LogP contribution in [0.2, 0.25) is 0 Å². The first-order valence-corrected chi connectivity index (χ1v) is 7.84. The van der Waals surface area contributed by atoms with E-state index in [-0.39, 0.29) is 17.2 Å². The fourth-order valence-corrected chi connectivity index (χ4v) is 2.71. The summed E-state index contributed by atoms with van der Waals surface area (Å²) in [6.45, 7) is 1.34. The van der Waals surface area contributed by atoms with Crippen LogP contribution in [0.5, 0.6) is 0 Å². The van der Waals surface area contributed by atoms with Gasteiger partial charge in [-0.15, -0.1) is 0 Å². The Morgan fingerprint density at radius 3 is 2.48 bits per heavy atom. The number of nitriles is 1. The van der Waals surface area contributed by atoms with Gasteiger partial charge in [0.2, 0.25) is 0 Å². The number of nitro groups is 1. The molecule has 7 heteroatoms. The number of amides is 1. The van der Waals surface area contributed by atoms with E-state index in [1.165, 1.54) is 18.2 Å². The van der Waals surface area contributed by atoms with Gasteiger partial charge in [0.1, 0.15) is 23.2 Å². The molecule has 0 atom stereocenters. The highest BCUT2D eigenvalue weighted by molar-refractivity contribution is 6.01. The van der Waals surface area contributed by atoms with E-state index in [4.69, 9.17) is 4.42 Å². The van der Waals surface area contributed by atoms with E-state index in [0.717, 1.165) is 12.8 Å². The lowest BCUT2D eigenvalue weighted by Crippen LogP contribution is -2.28. The molecule has 1 aromatic heterocycles. The van der Waals surface area contributed by atoms with Gasteiger partial charge in [-0.3, -0.25) is 14.9 Å². The maximum Gasteiger partial charge on any atom is 0.269 e. The number of non-ortho nitro benzene ring substituents is 1. The van der Waals surface area contributed by atoms with Crippen molar-refractivity contribution in [3.8, 4) is 17.4 Å². The molecule has 0 aliphatic carbocycles. The molecule has 2 heterocycles. The van der Waals surface area contributed by atoms with E-state index >= 15 is 0 Å². The molecular weight excluding hydrogens is 322 g/mol. The molecule has 1 fully saturated rings. The number of rotatable bonds is 4. The molecule has 0 saturated carbocycles. The summed E-state index contributed by atoms with van der Waals surface area (Å²) in [4.78, 5) is 24.2. The van der Waals surface area contributed by atoms with E-state index in [9.17, 15) is 20.2 Å². The van der Waals surface area contributed by atoms with Crippen molar-refractivity contribution in [2.45, 2.75) is 12.8 Å². The first-order valence-electron chi connectivity index (χ1n) is 7.84. The van der Waals surface area contributed by atoms with Crippen LogP contribution in [0.25, 0.3) is 17.4 Å². The van der Waals surface area contributed by atoms with Crippen LogP contribution in [0.4, 0.5) is 5.69 Å². The Labute approximate surface area is 143 Å². The van der Waals surface area contributed by atoms with Gasteiger partial charge in [-0.2, -0.15) is 5.26 Å². The van der Waals surface area contributed by atoms with Crippen LogP contribution in [-0.2, 0) is 4.79 Å². The molecule has 126 valence electrons. The minimum absolute atomic E-state index is 0.00148. The first-order chi connectivity index (χ1) is 12.1. The molecule has 1 aliphatic rings. The molecule has 0 radical (unpaired) electrons. The molecule has 0 N–H and O–H groups in total. The maximum atomic E-state index is 12.3. The zero-order valence-corrected chi connectivity index (χ0v) is 13.3. The maximum absolute atomic E-state index is 12.3. The Kier molecular flexibility index (Phi) is 4.61. The van der Waals surface area contributed by atoms with Gasteiger partial charge in [0.25, 0.3) is 11.6 Å². The summed E-state index contributed by atoms with van der Waals surface area (Å²) >= 11 is 0. The molecular formula is C18H15N3O4. The van der Waals surface area contributed by atoms with Crippen LogP contribution in [0.3, 0.4) is 0 Å². The molecule has 3 rings (SSSR count). The van der Waals surface area contributed by atoms with E-state index in [0.29, 0.717) is 30.2 Å². The minimum Gasteiger partial charge on any atom is -0.457 e. The topological polar surface area (TPSA) is 100 Å². The standard InChI is InChI=1S/C18H15N3O4/c19-12-14(18(22)20-9-1-2-10-20)11-16-7-8-17(25-16)13-3-5-15(6-4-13)21(23)24/h3-8,11H,1-2,9-10H2/b14-11+. The molecule has 1 aromatic carbocycles. The number of carbonyl (C=O) groups is 1. The van der Waals surface area contributed by atoms with Gasteiger partial charge in [-0.05, 0) is 37.1 Å². The summed E-state index contributed by atoms with van der Waals surface area (Å²) in [5, 5.41) is 19.9. The zero-order chi connectivity index (χ0) is 17.8. The highest BCUT2D eigenvalue weighted by Crippen LogP contribution is 2.25. The Bertz CT molecular complexity index is 868. The smallest absolute Gasteiger partial charge is 0.269 e. The second-order valence-corrected chi connectivity index (χ2v) is 5.68. The highest BCUT2D eigenvalue weighted by atomic mass is 16.6. The number of furan rings is 1. The fourth-order valence-electron chi connectivity index (χ4n) is 2.71. The van der Waals surface area contributed by atoms with Gasteiger partial charge in [0.15, 0.2) is 0 Å². The second kappa shape index (κ2) is 7.01. The average molecular weight is 337 g/mol. The van der Waals surface area contributed by atoms with Crippen LogP contribution in [-0.4, -0.2) is 28.8 Å². The van der Waals surface area contributed by atoms with Crippen molar-refractivity contribution in [3.63, 3.8) is 0 Å². The molecule has 0 unspecified atom stereocenters.